The molecule has 6 heteroatoms. The van der Waals surface area contributed by atoms with Crippen LogP contribution in [-0.2, 0) is 16.2 Å². The summed E-state index contributed by atoms with van der Waals surface area (Å²) in [4.78, 5) is 19.9. The molecule has 1 saturated heterocycles. The number of hydrogen-bond donors (Lipinski definition) is 2. The summed E-state index contributed by atoms with van der Waals surface area (Å²) in [6, 6.07) is -0.248. The molecule has 0 spiro atoms. The van der Waals surface area contributed by atoms with Crippen LogP contribution in [-0.4, -0.2) is 23.5 Å². The van der Waals surface area contributed by atoms with Crippen molar-refractivity contribution in [2.75, 3.05) is 6.61 Å². The molecule has 1 fully saturated rings. The summed E-state index contributed by atoms with van der Waals surface area (Å²) in [6.45, 7) is 0.980. The second kappa shape index (κ2) is 3.82. The maximum absolute atomic E-state index is 11.0. The normalized spacial score (nSPS) is 21.8. The first-order valence-electron chi connectivity index (χ1n) is 3.88. The number of hydroxylamine groups is 1. The Labute approximate surface area is 79.1 Å². The summed E-state index contributed by atoms with van der Waals surface area (Å²) in [7, 11) is 0. The van der Waals surface area contributed by atoms with Crippen LogP contribution in [0.1, 0.15) is 5.69 Å². The average molecular weight is 199 g/mol. The maximum atomic E-state index is 11.0. The number of carbonyl (C=O) groups is 1. The summed E-state index contributed by atoms with van der Waals surface area (Å²) in [5.41, 5.74) is 5.00. The molecule has 1 unspecified atom stereocenters. The number of nitrogens with one attached hydrogen (secondary N) is 2. The predicted molar refractivity (Wildman–Crippen MR) is 46.8 cm³/mol. The molecule has 13 heavy (non-hydrogen) atoms. The van der Waals surface area contributed by atoms with Gasteiger partial charge in [-0.05, 0) is 0 Å². The Morgan fingerprint density at radius 2 is 2.77 bits per heavy atom. The SMILES string of the molecule is O=C1NOCC1NCc1cscn1. The zero-order valence-corrected chi connectivity index (χ0v) is 7.63. The molecular formula is C7H9N3O2S. The Kier molecular flexibility index (Phi) is 2.53. The van der Waals surface area contributed by atoms with Gasteiger partial charge in [-0.2, -0.15) is 0 Å². The topological polar surface area (TPSA) is 63.2 Å². The van der Waals surface area contributed by atoms with E-state index in [2.05, 4.69) is 15.8 Å². The van der Waals surface area contributed by atoms with E-state index < -0.39 is 0 Å². The van der Waals surface area contributed by atoms with Crippen LogP contribution in [0.3, 0.4) is 0 Å². The molecule has 0 radical (unpaired) electrons. The third-order valence-electron chi connectivity index (χ3n) is 1.75. The van der Waals surface area contributed by atoms with Gasteiger partial charge < -0.3 is 0 Å². The van der Waals surface area contributed by atoms with E-state index in [1.807, 2.05) is 5.38 Å². The highest BCUT2D eigenvalue weighted by molar-refractivity contribution is 7.07. The molecular weight excluding hydrogens is 190 g/mol. The lowest BCUT2D eigenvalue weighted by molar-refractivity contribution is -0.125. The van der Waals surface area contributed by atoms with Crippen molar-refractivity contribution in [2.45, 2.75) is 12.6 Å². The van der Waals surface area contributed by atoms with Crippen LogP contribution in [0, 0.1) is 0 Å². The number of rotatable bonds is 3. The Balaban J connectivity index is 1.82. The van der Waals surface area contributed by atoms with E-state index in [4.69, 9.17) is 4.84 Å². The van der Waals surface area contributed by atoms with Gasteiger partial charge in [0.15, 0.2) is 0 Å². The van der Waals surface area contributed by atoms with E-state index in [1.54, 1.807) is 5.51 Å². The maximum Gasteiger partial charge on any atom is 0.263 e. The molecule has 1 aromatic heterocycles. The van der Waals surface area contributed by atoms with Crippen molar-refractivity contribution in [1.29, 1.82) is 0 Å². The number of carbonyl (C=O) groups excluding carboxylic acids is 1. The third-order valence-corrected chi connectivity index (χ3v) is 2.39. The summed E-state index contributed by atoms with van der Waals surface area (Å²) in [5, 5.41) is 4.99. The first-order valence-corrected chi connectivity index (χ1v) is 4.82. The van der Waals surface area contributed by atoms with Crippen molar-refractivity contribution in [3.63, 3.8) is 0 Å². The molecule has 0 aromatic carbocycles. The smallest absolute Gasteiger partial charge is 0.263 e. The average Bonchev–Trinajstić information content (AvgIpc) is 2.72. The van der Waals surface area contributed by atoms with Crippen molar-refractivity contribution in [3.8, 4) is 0 Å². The van der Waals surface area contributed by atoms with Crippen LogP contribution in [0.15, 0.2) is 10.9 Å². The van der Waals surface area contributed by atoms with Crippen molar-refractivity contribution in [1.82, 2.24) is 15.8 Å². The van der Waals surface area contributed by atoms with Gasteiger partial charge in [0.1, 0.15) is 6.04 Å². The minimum Gasteiger partial charge on any atom is -0.298 e. The second-order valence-electron chi connectivity index (χ2n) is 2.69. The van der Waals surface area contributed by atoms with Crippen LogP contribution < -0.4 is 10.8 Å². The minimum absolute atomic E-state index is 0.116. The van der Waals surface area contributed by atoms with Gasteiger partial charge in [-0.15, -0.1) is 11.3 Å². The fourth-order valence-corrected chi connectivity index (χ4v) is 1.61. The van der Waals surface area contributed by atoms with Crippen molar-refractivity contribution in [3.05, 3.63) is 16.6 Å². The Morgan fingerprint density at radius 1 is 1.85 bits per heavy atom. The number of hydrogen-bond acceptors (Lipinski definition) is 5. The molecule has 70 valence electrons. The fraction of sp³-hybridized carbons (Fsp3) is 0.429. The molecule has 0 bridgehead atoms. The number of amides is 1. The monoisotopic (exact) mass is 199 g/mol. The Bertz CT molecular complexity index is 288. The molecule has 1 aliphatic rings. The highest BCUT2D eigenvalue weighted by Gasteiger charge is 2.24. The van der Waals surface area contributed by atoms with Crippen molar-refractivity contribution >= 4 is 17.2 Å². The number of nitrogens with zero attached hydrogens (tertiary/aromatic N) is 1. The van der Waals surface area contributed by atoms with Gasteiger partial charge in [-0.3, -0.25) is 14.9 Å². The second-order valence-corrected chi connectivity index (χ2v) is 3.41. The predicted octanol–water partition coefficient (Wildman–Crippen LogP) is -0.337. The summed E-state index contributed by atoms with van der Waals surface area (Å²) in [6.07, 6.45) is 0. The van der Waals surface area contributed by atoms with Crippen LogP contribution in [0.5, 0.6) is 0 Å². The van der Waals surface area contributed by atoms with E-state index in [0.29, 0.717) is 13.2 Å². The van der Waals surface area contributed by atoms with Gasteiger partial charge in [-0.1, -0.05) is 0 Å². The first-order chi connectivity index (χ1) is 6.36. The zero-order chi connectivity index (χ0) is 9.10. The van der Waals surface area contributed by atoms with Gasteiger partial charge in [0.05, 0.1) is 17.8 Å². The molecule has 2 N–H and O–H groups in total. The Morgan fingerprint density at radius 3 is 3.38 bits per heavy atom. The third kappa shape index (κ3) is 2.03. The van der Waals surface area contributed by atoms with E-state index in [-0.39, 0.29) is 11.9 Å². The Hall–Kier alpha value is -0.980. The van der Waals surface area contributed by atoms with Crippen molar-refractivity contribution < 1.29 is 9.63 Å². The van der Waals surface area contributed by atoms with Gasteiger partial charge in [0.25, 0.3) is 5.91 Å². The van der Waals surface area contributed by atoms with Crippen molar-refractivity contribution in [2.24, 2.45) is 0 Å². The quantitative estimate of drug-likeness (QED) is 0.699. The van der Waals surface area contributed by atoms with Gasteiger partial charge in [-0.25, -0.2) is 10.5 Å². The van der Waals surface area contributed by atoms with Gasteiger partial charge in [0, 0.05) is 11.9 Å². The highest BCUT2D eigenvalue weighted by Crippen LogP contribution is 2.01. The molecule has 5 nitrogen and oxygen atoms in total. The molecule has 1 aromatic rings. The van der Waals surface area contributed by atoms with E-state index in [0.717, 1.165) is 5.69 Å². The van der Waals surface area contributed by atoms with Crippen LogP contribution in [0.2, 0.25) is 0 Å². The molecule has 1 aliphatic heterocycles. The van der Waals surface area contributed by atoms with Crippen LogP contribution in [0.25, 0.3) is 0 Å². The van der Waals surface area contributed by atoms with Gasteiger partial charge >= 0.3 is 0 Å². The first kappa shape index (κ1) is 8.61. The fourth-order valence-electron chi connectivity index (χ4n) is 1.05. The highest BCUT2D eigenvalue weighted by atomic mass is 32.1. The van der Waals surface area contributed by atoms with Crippen LogP contribution in [0.4, 0.5) is 0 Å². The molecule has 1 atom stereocenters. The summed E-state index contributed by atoms with van der Waals surface area (Å²) < 4.78 is 0. The lowest BCUT2D eigenvalue weighted by atomic mass is 10.3. The molecule has 0 saturated carbocycles. The molecule has 2 rings (SSSR count). The minimum atomic E-state index is -0.248. The largest absolute Gasteiger partial charge is 0.298 e. The van der Waals surface area contributed by atoms with Crippen LogP contribution >= 0.6 is 11.3 Å². The van der Waals surface area contributed by atoms with E-state index >= 15 is 0 Å². The molecule has 1 amide bonds. The summed E-state index contributed by atoms with van der Waals surface area (Å²) in [5.74, 6) is -0.116. The summed E-state index contributed by atoms with van der Waals surface area (Å²) >= 11 is 1.54. The molecule has 0 aliphatic carbocycles. The standard InChI is InChI=1S/C7H9N3O2S/c11-7-6(2-12-10-7)8-1-5-3-13-4-9-5/h3-4,6,8H,1-2H2,(H,10,11). The van der Waals surface area contributed by atoms with E-state index in [9.17, 15) is 4.79 Å². The number of thiazole rings is 1. The lowest BCUT2D eigenvalue weighted by Gasteiger charge is -2.05. The van der Waals surface area contributed by atoms with Gasteiger partial charge in [0.2, 0.25) is 0 Å². The molecule has 2 heterocycles. The zero-order valence-electron chi connectivity index (χ0n) is 6.82. The lowest BCUT2D eigenvalue weighted by Crippen LogP contribution is -2.37. The van der Waals surface area contributed by atoms with E-state index in [1.165, 1.54) is 11.3 Å². The number of aromatic nitrogens is 1.